The van der Waals surface area contributed by atoms with E-state index in [2.05, 4.69) is 25.5 Å². The van der Waals surface area contributed by atoms with Crippen molar-refractivity contribution in [1.29, 1.82) is 5.26 Å². The third kappa shape index (κ3) is 5.01. The van der Waals surface area contributed by atoms with Gasteiger partial charge in [0.15, 0.2) is 5.82 Å². The Hall–Kier alpha value is -4.14. The number of nitrogens with one attached hydrogen (secondary N) is 2. The molecular formula is C27H30N8O2S. The lowest BCUT2D eigenvalue weighted by Gasteiger charge is -2.33. The van der Waals surface area contributed by atoms with Gasteiger partial charge in [-0.25, -0.2) is 14.8 Å². The van der Waals surface area contributed by atoms with Crippen molar-refractivity contribution in [3.05, 3.63) is 77.2 Å². The summed E-state index contributed by atoms with van der Waals surface area (Å²) in [4.78, 5) is 25.8. The molecule has 10 nitrogen and oxygen atoms in total. The van der Waals surface area contributed by atoms with Gasteiger partial charge in [0, 0.05) is 17.5 Å². The maximum Gasteiger partial charge on any atom is 0.411 e. The molecule has 3 heterocycles. The van der Waals surface area contributed by atoms with Crippen molar-refractivity contribution in [2.24, 2.45) is 0 Å². The van der Waals surface area contributed by atoms with Gasteiger partial charge in [0.25, 0.3) is 0 Å². The summed E-state index contributed by atoms with van der Waals surface area (Å²) in [7, 11) is 3.90. The molecule has 2 N–H and O–H groups in total. The van der Waals surface area contributed by atoms with E-state index in [-0.39, 0.29) is 19.3 Å². The molecule has 1 atom stereocenters. The van der Waals surface area contributed by atoms with E-state index < -0.39 is 17.7 Å². The monoisotopic (exact) mass is 530 g/mol. The molecule has 0 fully saturated rings. The highest BCUT2D eigenvalue weighted by atomic mass is 32.1. The number of hydrogen-bond donors (Lipinski definition) is 2. The van der Waals surface area contributed by atoms with Crippen LogP contribution in [0.25, 0.3) is 10.9 Å². The van der Waals surface area contributed by atoms with E-state index in [0.717, 1.165) is 22.2 Å². The first kappa shape index (κ1) is 26.9. The second kappa shape index (κ2) is 10.7. The third-order valence-electron chi connectivity index (χ3n) is 6.58. The predicted molar refractivity (Wildman–Crippen MR) is 149 cm³/mol. The molecule has 1 amide bonds. The van der Waals surface area contributed by atoms with Crippen molar-refractivity contribution in [2.75, 3.05) is 26.0 Å². The number of anilines is 2. The van der Waals surface area contributed by atoms with Crippen LogP contribution in [0.3, 0.4) is 0 Å². The van der Waals surface area contributed by atoms with Crippen LogP contribution in [0, 0.1) is 11.3 Å². The lowest BCUT2D eigenvalue weighted by Crippen LogP contribution is -2.42. The number of carbonyl (C=O) groups excluding carboxylic acids is 1. The van der Waals surface area contributed by atoms with Gasteiger partial charge in [-0.1, -0.05) is 42.5 Å². The number of likely N-dealkylation sites (N-methyl/N-ethyl adjacent to an activating group) is 1. The smallest absolute Gasteiger partial charge is 0.411 e. The normalized spacial score (nSPS) is 14.5. The van der Waals surface area contributed by atoms with Gasteiger partial charge in [0.2, 0.25) is 5.82 Å². The van der Waals surface area contributed by atoms with E-state index in [4.69, 9.17) is 4.74 Å². The van der Waals surface area contributed by atoms with E-state index in [1.807, 2.05) is 93.5 Å². The molecule has 2 aromatic carbocycles. The maximum atomic E-state index is 13.5. The summed E-state index contributed by atoms with van der Waals surface area (Å²) in [5.74, 6) is 1.08. The number of aromatic amines is 1. The van der Waals surface area contributed by atoms with E-state index in [0.29, 0.717) is 30.2 Å². The Morgan fingerprint density at radius 3 is 2.58 bits per heavy atom. The molecule has 11 heteroatoms. The number of rotatable bonds is 6. The van der Waals surface area contributed by atoms with Gasteiger partial charge in [0.05, 0.1) is 23.3 Å². The first-order valence-electron chi connectivity index (χ1n) is 12.0. The lowest BCUT2D eigenvalue weighted by molar-refractivity contribution is 0.0259. The number of hydrogen-bond acceptors (Lipinski definition) is 8. The van der Waals surface area contributed by atoms with E-state index in [1.54, 1.807) is 4.90 Å². The molecule has 1 aliphatic rings. The first-order chi connectivity index (χ1) is 17.8. The molecule has 196 valence electrons. The van der Waals surface area contributed by atoms with Crippen LogP contribution in [-0.2, 0) is 16.8 Å². The molecule has 38 heavy (non-hydrogen) atoms. The Morgan fingerprint density at radius 1 is 1.16 bits per heavy atom. The number of para-hydroxylation sites is 1. The van der Waals surface area contributed by atoms with Crippen LogP contribution >= 0.6 is 13.5 Å². The minimum absolute atomic E-state index is 0. The first-order valence-corrected chi connectivity index (χ1v) is 12.0. The van der Waals surface area contributed by atoms with Crippen molar-refractivity contribution >= 4 is 42.1 Å². The summed E-state index contributed by atoms with van der Waals surface area (Å²) >= 11 is 0. The quantitative estimate of drug-likeness (QED) is 0.372. The van der Waals surface area contributed by atoms with E-state index in [1.165, 1.54) is 0 Å². The third-order valence-corrected chi connectivity index (χ3v) is 6.58. The molecule has 0 radical (unpaired) electrons. The zero-order valence-corrected chi connectivity index (χ0v) is 22.7. The van der Waals surface area contributed by atoms with Gasteiger partial charge >= 0.3 is 6.09 Å². The number of amides is 1. The molecule has 0 aliphatic carbocycles. The summed E-state index contributed by atoms with van der Waals surface area (Å²) in [6.07, 6.45) is -0.818. The van der Waals surface area contributed by atoms with Crippen molar-refractivity contribution < 1.29 is 9.53 Å². The number of nitrogens with zero attached hydrogens (tertiary/aromatic N) is 6. The van der Waals surface area contributed by atoms with Crippen LogP contribution in [0.4, 0.5) is 16.4 Å². The van der Waals surface area contributed by atoms with Crippen LogP contribution in [-0.4, -0.2) is 56.7 Å². The highest BCUT2D eigenvalue weighted by Gasteiger charge is 2.45. The molecule has 0 saturated heterocycles. The number of fused-ring (bicyclic) bond motifs is 2. The average Bonchev–Trinajstić information content (AvgIpc) is 3.41. The van der Waals surface area contributed by atoms with Crippen LogP contribution < -0.4 is 5.32 Å². The van der Waals surface area contributed by atoms with Crippen LogP contribution in [0.15, 0.2) is 54.6 Å². The van der Waals surface area contributed by atoms with Crippen LogP contribution in [0.1, 0.15) is 42.6 Å². The number of benzene rings is 2. The SMILES string of the molecule is CN(C)C[C@@H](OC(=O)N1Cc2c(Nc3nc(C#N)nc4ccccc34)n[nH]c2C1(C)C)c1ccccc1.S. The summed E-state index contributed by atoms with van der Waals surface area (Å²) in [6.45, 7) is 4.78. The van der Waals surface area contributed by atoms with Crippen molar-refractivity contribution in [1.82, 2.24) is 30.0 Å². The fraction of sp³-hybridized carbons (Fsp3) is 0.296. The molecule has 0 saturated carbocycles. The molecule has 1 aliphatic heterocycles. The van der Waals surface area contributed by atoms with Crippen molar-refractivity contribution in [3.8, 4) is 6.07 Å². The van der Waals surface area contributed by atoms with Crippen LogP contribution in [0.2, 0.25) is 0 Å². The molecule has 0 unspecified atom stereocenters. The van der Waals surface area contributed by atoms with E-state index in [9.17, 15) is 10.1 Å². The van der Waals surface area contributed by atoms with Crippen molar-refractivity contribution in [3.63, 3.8) is 0 Å². The maximum absolute atomic E-state index is 13.5. The Balaban J connectivity index is 0.00000336. The molecule has 2 aromatic heterocycles. The summed E-state index contributed by atoms with van der Waals surface area (Å²) < 4.78 is 6.05. The highest BCUT2D eigenvalue weighted by Crippen LogP contribution is 2.42. The molecule has 0 spiro atoms. The minimum atomic E-state index is -0.676. The van der Waals surface area contributed by atoms with Gasteiger partial charge in [-0.15, -0.1) is 0 Å². The summed E-state index contributed by atoms with van der Waals surface area (Å²) in [5, 5.41) is 21.0. The zero-order chi connectivity index (χ0) is 26.2. The van der Waals surface area contributed by atoms with Gasteiger partial charge in [-0.05, 0) is 45.6 Å². The van der Waals surface area contributed by atoms with Gasteiger partial charge in [0.1, 0.15) is 18.0 Å². The predicted octanol–water partition coefficient (Wildman–Crippen LogP) is 4.57. The van der Waals surface area contributed by atoms with Gasteiger partial charge in [-0.2, -0.15) is 23.9 Å². The van der Waals surface area contributed by atoms with Crippen molar-refractivity contribution in [2.45, 2.75) is 32.0 Å². The van der Waals surface area contributed by atoms with Crippen LogP contribution in [0.5, 0.6) is 0 Å². The molecule has 5 rings (SSSR count). The number of carbonyl (C=O) groups is 1. The minimum Gasteiger partial charge on any atom is -0.440 e. The molecular weight excluding hydrogens is 500 g/mol. The zero-order valence-electron chi connectivity index (χ0n) is 21.7. The molecule has 4 aromatic rings. The highest BCUT2D eigenvalue weighted by molar-refractivity contribution is 7.59. The lowest BCUT2D eigenvalue weighted by atomic mass is 10.0. The van der Waals surface area contributed by atoms with Gasteiger partial charge < -0.3 is 15.0 Å². The Kier molecular flexibility index (Phi) is 7.57. The average molecular weight is 531 g/mol. The number of aromatic nitrogens is 4. The Labute approximate surface area is 228 Å². The Bertz CT molecular complexity index is 1500. The van der Waals surface area contributed by atoms with Gasteiger partial charge in [-0.3, -0.25) is 10.00 Å². The number of nitriles is 1. The largest absolute Gasteiger partial charge is 0.440 e. The van der Waals surface area contributed by atoms with E-state index >= 15 is 0 Å². The Morgan fingerprint density at radius 2 is 1.87 bits per heavy atom. The fourth-order valence-corrected chi connectivity index (χ4v) is 4.64. The summed E-state index contributed by atoms with van der Waals surface area (Å²) in [5.41, 5.74) is 2.57. The second-order valence-corrected chi connectivity index (χ2v) is 9.77. The fourth-order valence-electron chi connectivity index (χ4n) is 4.64. The number of ether oxygens (including phenoxy) is 1. The standard InChI is InChI=1S/C27H28N8O2.H2S/c1-27(2)23-19(15-35(27)26(36)37-21(16-34(3)4)17-10-6-5-7-11-17)25(33-32-23)31-24-18-12-8-9-13-20(18)29-22(14-28)30-24;/h5-13,21H,15-16H2,1-4H3,(H2,29,30,31,32,33);1H2/t21-;/m1./s1. The topological polar surface area (TPSA) is 123 Å². The second-order valence-electron chi connectivity index (χ2n) is 9.77. The summed E-state index contributed by atoms with van der Waals surface area (Å²) in [6, 6.07) is 19.2. The number of H-pyrrole nitrogens is 1. The molecule has 0 bridgehead atoms.